The molecule has 2 aromatic rings. The molecule has 0 bridgehead atoms. The third-order valence-electron chi connectivity index (χ3n) is 6.05. The Morgan fingerprint density at radius 3 is 2.92 bits per heavy atom. The number of ether oxygens (including phenoxy) is 1. The molecule has 1 saturated carbocycles. The molecule has 6 nitrogen and oxygen atoms in total. The van der Waals surface area contributed by atoms with Crippen LogP contribution in [0.5, 0.6) is 0 Å². The zero-order chi connectivity index (χ0) is 17.8. The van der Waals surface area contributed by atoms with Crippen LogP contribution >= 0.6 is 12.4 Å². The lowest BCUT2D eigenvalue weighted by Gasteiger charge is -2.65. The van der Waals surface area contributed by atoms with Crippen molar-refractivity contribution in [2.24, 2.45) is 17.1 Å². The van der Waals surface area contributed by atoms with E-state index >= 15 is 0 Å². The van der Waals surface area contributed by atoms with Crippen molar-refractivity contribution in [2.45, 2.75) is 51.7 Å². The van der Waals surface area contributed by atoms with Gasteiger partial charge in [-0.25, -0.2) is 4.98 Å². The number of halogens is 1. The molecular formula is C19H26ClN3O3. The molecule has 1 aromatic carbocycles. The lowest BCUT2D eigenvalue weighted by Crippen LogP contribution is -2.81. The van der Waals surface area contributed by atoms with Gasteiger partial charge in [0, 0.05) is 30.0 Å². The maximum atomic E-state index is 13.0. The molecule has 1 aliphatic carbocycles. The fraction of sp³-hybridized carbons (Fsp3) is 0.579. The van der Waals surface area contributed by atoms with Crippen LogP contribution in [0.1, 0.15) is 39.5 Å². The van der Waals surface area contributed by atoms with E-state index in [2.05, 4.69) is 10.3 Å². The van der Waals surface area contributed by atoms with Crippen LogP contribution in [0.15, 0.2) is 22.6 Å². The summed E-state index contributed by atoms with van der Waals surface area (Å²) in [5, 5.41) is 2.99. The molecule has 1 saturated heterocycles. The molecule has 7 heteroatoms. The quantitative estimate of drug-likeness (QED) is 0.853. The molecule has 1 amide bonds. The number of oxazole rings is 1. The molecule has 1 aromatic heterocycles. The van der Waals surface area contributed by atoms with E-state index in [0.29, 0.717) is 11.6 Å². The molecule has 4 rings (SSSR count). The van der Waals surface area contributed by atoms with Crippen LogP contribution in [0.2, 0.25) is 0 Å². The number of hydrogen-bond donors (Lipinski definition) is 2. The monoisotopic (exact) mass is 379 g/mol. The summed E-state index contributed by atoms with van der Waals surface area (Å²) >= 11 is 0. The second-order valence-electron chi connectivity index (χ2n) is 7.73. The van der Waals surface area contributed by atoms with Crippen molar-refractivity contribution in [1.82, 2.24) is 4.98 Å². The minimum absolute atomic E-state index is 0. The number of hydrogen-bond acceptors (Lipinski definition) is 5. The average Bonchev–Trinajstić information content (AvgIpc) is 3.03. The summed E-state index contributed by atoms with van der Waals surface area (Å²) in [4.78, 5) is 17.5. The molecular weight excluding hydrogens is 354 g/mol. The Bertz CT molecular complexity index is 835. The van der Waals surface area contributed by atoms with Gasteiger partial charge in [-0.2, -0.15) is 0 Å². The zero-order valence-corrected chi connectivity index (χ0v) is 16.2. The summed E-state index contributed by atoms with van der Waals surface area (Å²) in [7, 11) is 0. The number of aromatic nitrogens is 1. The summed E-state index contributed by atoms with van der Waals surface area (Å²) in [6, 6.07) is 5.49. The molecule has 2 aliphatic rings. The second kappa shape index (κ2) is 6.51. The van der Waals surface area contributed by atoms with Crippen molar-refractivity contribution in [3.63, 3.8) is 0 Å². The van der Waals surface area contributed by atoms with Crippen molar-refractivity contribution in [3.05, 3.63) is 24.1 Å². The fourth-order valence-electron chi connectivity index (χ4n) is 4.48. The Hall–Kier alpha value is -1.63. The number of amides is 1. The number of benzene rings is 1. The molecule has 3 unspecified atom stereocenters. The fourth-order valence-corrected chi connectivity index (χ4v) is 4.48. The lowest BCUT2D eigenvalue weighted by molar-refractivity contribution is -0.222. The largest absolute Gasteiger partial charge is 0.441 e. The van der Waals surface area contributed by atoms with Crippen LogP contribution in [-0.2, 0) is 16.0 Å². The maximum absolute atomic E-state index is 13.0. The van der Waals surface area contributed by atoms with E-state index in [1.807, 2.05) is 39.0 Å². The van der Waals surface area contributed by atoms with Gasteiger partial charge in [0.2, 0.25) is 5.91 Å². The highest BCUT2D eigenvalue weighted by atomic mass is 35.5. The number of nitrogens with one attached hydrogen (secondary N) is 1. The van der Waals surface area contributed by atoms with E-state index in [-0.39, 0.29) is 30.3 Å². The predicted octanol–water partition coefficient (Wildman–Crippen LogP) is 3.28. The van der Waals surface area contributed by atoms with Crippen LogP contribution < -0.4 is 11.1 Å². The molecule has 142 valence electrons. The molecule has 3 N–H and O–H groups in total. The highest BCUT2D eigenvalue weighted by Crippen LogP contribution is 2.57. The molecule has 1 aliphatic heterocycles. The van der Waals surface area contributed by atoms with Crippen molar-refractivity contribution in [1.29, 1.82) is 0 Å². The standard InChI is InChI=1S/C19H25N3O3.ClH/c1-4-15-22-13-10-11(7-8-14(13)25-15)21-17(23)19(20)12-6-5-9-24-16(12)18(19,2)3;/h7-8,10,12,16H,4-6,9,20H2,1-3H3,(H,21,23);1H. The Kier molecular flexibility index (Phi) is 4.80. The van der Waals surface area contributed by atoms with Crippen LogP contribution in [0, 0.1) is 11.3 Å². The van der Waals surface area contributed by atoms with Gasteiger partial charge in [-0.1, -0.05) is 20.8 Å². The molecule has 26 heavy (non-hydrogen) atoms. The van der Waals surface area contributed by atoms with Gasteiger partial charge in [-0.3, -0.25) is 4.79 Å². The minimum atomic E-state index is -0.925. The number of carbonyl (C=O) groups is 1. The van der Waals surface area contributed by atoms with Gasteiger partial charge in [-0.15, -0.1) is 12.4 Å². The molecule has 0 spiro atoms. The Labute approximate surface area is 159 Å². The first-order valence-electron chi connectivity index (χ1n) is 8.99. The normalized spacial score (nSPS) is 29.4. The summed E-state index contributed by atoms with van der Waals surface area (Å²) < 4.78 is 11.5. The Morgan fingerprint density at radius 2 is 2.19 bits per heavy atom. The first-order chi connectivity index (χ1) is 11.9. The first-order valence-corrected chi connectivity index (χ1v) is 8.99. The van der Waals surface area contributed by atoms with Gasteiger partial charge in [0.15, 0.2) is 11.5 Å². The highest BCUT2D eigenvalue weighted by Gasteiger charge is 2.70. The van der Waals surface area contributed by atoms with E-state index in [9.17, 15) is 4.79 Å². The number of nitrogens with two attached hydrogens (primary N) is 1. The van der Waals surface area contributed by atoms with Gasteiger partial charge in [0.1, 0.15) is 11.1 Å². The summed E-state index contributed by atoms with van der Waals surface area (Å²) in [6.45, 7) is 6.79. The zero-order valence-electron chi connectivity index (χ0n) is 15.4. The van der Waals surface area contributed by atoms with E-state index < -0.39 is 11.0 Å². The lowest BCUT2D eigenvalue weighted by atomic mass is 9.46. The number of rotatable bonds is 3. The Balaban J connectivity index is 0.00000196. The van der Waals surface area contributed by atoms with Crippen LogP contribution in [0.4, 0.5) is 5.69 Å². The van der Waals surface area contributed by atoms with Crippen LogP contribution in [0.25, 0.3) is 11.1 Å². The van der Waals surface area contributed by atoms with Gasteiger partial charge >= 0.3 is 0 Å². The Morgan fingerprint density at radius 1 is 1.42 bits per heavy atom. The van der Waals surface area contributed by atoms with Crippen molar-refractivity contribution < 1.29 is 13.9 Å². The molecule has 3 atom stereocenters. The molecule has 2 heterocycles. The third kappa shape index (κ3) is 2.54. The number of aryl methyl sites for hydroxylation is 1. The van der Waals surface area contributed by atoms with E-state index in [1.165, 1.54) is 0 Å². The second-order valence-corrected chi connectivity index (χ2v) is 7.73. The topological polar surface area (TPSA) is 90.4 Å². The van der Waals surface area contributed by atoms with E-state index in [4.69, 9.17) is 14.9 Å². The SMILES string of the molecule is CCc1nc2cc(NC(=O)C3(N)C4CCCOC4C3(C)C)ccc2o1.Cl. The predicted molar refractivity (Wildman–Crippen MR) is 102 cm³/mol. The summed E-state index contributed by atoms with van der Waals surface area (Å²) in [5.74, 6) is 0.609. The summed E-state index contributed by atoms with van der Waals surface area (Å²) in [5.41, 5.74) is 7.48. The highest BCUT2D eigenvalue weighted by molar-refractivity contribution is 6.01. The maximum Gasteiger partial charge on any atom is 0.245 e. The molecule has 0 radical (unpaired) electrons. The van der Waals surface area contributed by atoms with Crippen LogP contribution in [0.3, 0.4) is 0 Å². The van der Waals surface area contributed by atoms with E-state index in [0.717, 1.165) is 37.0 Å². The summed E-state index contributed by atoms with van der Waals surface area (Å²) in [6.07, 6.45) is 2.68. The number of carbonyl (C=O) groups excluding carboxylic acids is 1. The minimum Gasteiger partial charge on any atom is -0.441 e. The number of anilines is 1. The van der Waals surface area contributed by atoms with Crippen molar-refractivity contribution in [2.75, 3.05) is 11.9 Å². The van der Waals surface area contributed by atoms with Crippen molar-refractivity contribution >= 4 is 35.1 Å². The van der Waals surface area contributed by atoms with Crippen molar-refractivity contribution in [3.8, 4) is 0 Å². The van der Waals surface area contributed by atoms with Gasteiger partial charge in [-0.05, 0) is 31.0 Å². The van der Waals surface area contributed by atoms with Gasteiger partial charge in [0.25, 0.3) is 0 Å². The first kappa shape index (κ1) is 19.1. The van der Waals surface area contributed by atoms with Gasteiger partial charge < -0.3 is 20.2 Å². The molecule has 2 fully saturated rings. The number of nitrogens with zero attached hydrogens (tertiary/aromatic N) is 1. The van der Waals surface area contributed by atoms with E-state index in [1.54, 1.807) is 0 Å². The third-order valence-corrected chi connectivity index (χ3v) is 6.05. The van der Waals surface area contributed by atoms with Crippen LogP contribution in [-0.4, -0.2) is 29.1 Å². The smallest absolute Gasteiger partial charge is 0.245 e. The number of fused-ring (bicyclic) bond motifs is 2. The van der Waals surface area contributed by atoms with Gasteiger partial charge in [0.05, 0.1) is 6.10 Å². The average molecular weight is 380 g/mol.